The van der Waals surface area contributed by atoms with E-state index < -0.39 is 0 Å². The first kappa shape index (κ1) is 7.38. The number of rotatable bonds is 1. The molecule has 0 aliphatic carbocycles. The second kappa shape index (κ2) is 2.73. The lowest BCUT2D eigenvalue weighted by Crippen LogP contribution is -1.87. The summed E-state index contributed by atoms with van der Waals surface area (Å²) in [5.41, 5.74) is 1.13. The minimum absolute atomic E-state index is 0.742. The fourth-order valence-electron chi connectivity index (χ4n) is 1.60. The van der Waals surface area contributed by atoms with E-state index in [0.29, 0.717) is 0 Å². The van der Waals surface area contributed by atoms with E-state index in [2.05, 4.69) is 23.2 Å². The molecule has 0 atom stereocenters. The average Bonchev–Trinajstić information content (AvgIpc) is 2.85. The first-order chi connectivity index (χ1) is 6.95. The van der Waals surface area contributed by atoms with Crippen molar-refractivity contribution in [2.45, 2.75) is 0 Å². The topological polar surface area (TPSA) is 31.0 Å². The molecule has 3 aromatic rings. The summed E-state index contributed by atoms with van der Waals surface area (Å²) in [6.45, 7) is 0. The van der Waals surface area contributed by atoms with E-state index in [1.165, 1.54) is 11.8 Å². The molecule has 3 heteroatoms. The molecule has 0 fully saturated rings. The van der Waals surface area contributed by atoms with Crippen molar-refractivity contribution < 1.29 is 4.42 Å². The van der Waals surface area contributed by atoms with Gasteiger partial charge >= 0.3 is 0 Å². The van der Waals surface area contributed by atoms with E-state index in [-0.39, 0.29) is 0 Å². The van der Waals surface area contributed by atoms with Gasteiger partial charge in [-0.05, 0) is 12.1 Å². The molecule has 0 unspecified atom stereocenters. The minimum atomic E-state index is 0.742. The van der Waals surface area contributed by atoms with Crippen molar-refractivity contribution in [1.82, 2.24) is 9.55 Å². The van der Waals surface area contributed by atoms with Crippen LogP contribution in [0.3, 0.4) is 0 Å². The van der Waals surface area contributed by atoms with Gasteiger partial charge in [0.25, 0.3) is 0 Å². The first-order valence-corrected chi connectivity index (χ1v) is 4.40. The zero-order valence-corrected chi connectivity index (χ0v) is 7.42. The molecule has 0 bridgehead atoms. The van der Waals surface area contributed by atoms with Crippen LogP contribution in [0.2, 0.25) is 0 Å². The second-order valence-electron chi connectivity index (χ2n) is 3.08. The van der Waals surface area contributed by atoms with Crippen LogP contribution in [0.25, 0.3) is 16.8 Å². The van der Waals surface area contributed by atoms with E-state index in [4.69, 9.17) is 4.42 Å². The van der Waals surface area contributed by atoms with Crippen LogP contribution in [0, 0.1) is 0 Å². The Morgan fingerprint density at radius 1 is 1.14 bits per heavy atom. The summed E-state index contributed by atoms with van der Waals surface area (Å²) in [7, 11) is 0. The predicted molar refractivity (Wildman–Crippen MR) is 53.3 cm³/mol. The minimum Gasteiger partial charge on any atom is -0.427 e. The highest BCUT2D eigenvalue weighted by molar-refractivity contribution is 5.81. The van der Waals surface area contributed by atoms with Gasteiger partial charge in [0.2, 0.25) is 5.88 Å². The normalized spacial score (nSPS) is 10.9. The van der Waals surface area contributed by atoms with Gasteiger partial charge in [-0.25, -0.2) is 4.98 Å². The maximum Gasteiger partial charge on any atom is 0.224 e. The largest absolute Gasteiger partial charge is 0.427 e. The number of oxazole rings is 1. The SMILES string of the molecule is c1ccc2c(c1)ccn2-c1cnco1. The van der Waals surface area contributed by atoms with E-state index in [1.807, 2.05) is 22.9 Å². The Morgan fingerprint density at radius 3 is 2.93 bits per heavy atom. The summed E-state index contributed by atoms with van der Waals surface area (Å²) in [6, 6.07) is 10.2. The average molecular weight is 184 g/mol. The number of nitrogens with zero attached hydrogens (tertiary/aromatic N) is 2. The zero-order chi connectivity index (χ0) is 9.38. The molecule has 0 aliphatic heterocycles. The summed E-state index contributed by atoms with van der Waals surface area (Å²) in [5, 5.41) is 1.20. The Morgan fingerprint density at radius 2 is 2.07 bits per heavy atom. The van der Waals surface area contributed by atoms with Crippen LogP contribution in [-0.2, 0) is 0 Å². The molecule has 0 saturated heterocycles. The van der Waals surface area contributed by atoms with E-state index in [1.54, 1.807) is 6.20 Å². The Balaban J connectivity index is 2.33. The van der Waals surface area contributed by atoms with Crippen molar-refractivity contribution in [3.05, 3.63) is 49.1 Å². The summed E-state index contributed by atoms with van der Waals surface area (Å²) >= 11 is 0. The molecular formula is C11H8N2O. The van der Waals surface area contributed by atoms with Crippen molar-refractivity contribution in [3.8, 4) is 5.88 Å². The predicted octanol–water partition coefficient (Wildman–Crippen LogP) is 2.62. The van der Waals surface area contributed by atoms with Crippen LogP contribution in [0.1, 0.15) is 0 Å². The zero-order valence-electron chi connectivity index (χ0n) is 7.42. The standard InChI is InChI=1S/C11H8N2O/c1-2-4-10-9(3-1)5-6-13(10)11-7-12-8-14-11/h1-8H. The molecule has 0 radical (unpaired) electrons. The van der Waals surface area contributed by atoms with Gasteiger partial charge in [-0.2, -0.15) is 0 Å². The molecule has 0 spiro atoms. The third-order valence-electron chi connectivity index (χ3n) is 2.26. The number of aromatic nitrogens is 2. The highest BCUT2D eigenvalue weighted by atomic mass is 16.4. The lowest BCUT2D eigenvalue weighted by molar-refractivity contribution is 0.535. The van der Waals surface area contributed by atoms with Crippen LogP contribution < -0.4 is 0 Å². The lowest BCUT2D eigenvalue weighted by atomic mass is 10.2. The number of para-hydroxylation sites is 1. The van der Waals surface area contributed by atoms with Crippen LogP contribution in [0.4, 0.5) is 0 Å². The number of hydrogen-bond acceptors (Lipinski definition) is 2. The van der Waals surface area contributed by atoms with Crippen LogP contribution in [0.5, 0.6) is 0 Å². The molecule has 68 valence electrons. The Kier molecular flexibility index (Phi) is 1.44. The monoisotopic (exact) mass is 184 g/mol. The molecule has 0 aliphatic rings. The lowest BCUT2D eigenvalue weighted by Gasteiger charge is -1.98. The van der Waals surface area contributed by atoms with E-state index >= 15 is 0 Å². The fraction of sp³-hybridized carbons (Fsp3) is 0. The van der Waals surface area contributed by atoms with Gasteiger partial charge in [0.05, 0.1) is 11.7 Å². The van der Waals surface area contributed by atoms with E-state index in [9.17, 15) is 0 Å². The van der Waals surface area contributed by atoms with Crippen molar-refractivity contribution in [1.29, 1.82) is 0 Å². The van der Waals surface area contributed by atoms with Gasteiger partial charge in [0.1, 0.15) is 0 Å². The second-order valence-corrected chi connectivity index (χ2v) is 3.08. The number of hydrogen-bond donors (Lipinski definition) is 0. The number of fused-ring (bicyclic) bond motifs is 1. The molecular weight excluding hydrogens is 176 g/mol. The van der Waals surface area contributed by atoms with Crippen molar-refractivity contribution >= 4 is 10.9 Å². The fourth-order valence-corrected chi connectivity index (χ4v) is 1.60. The Bertz CT molecular complexity index is 551. The van der Waals surface area contributed by atoms with Gasteiger partial charge in [-0.1, -0.05) is 18.2 Å². The quantitative estimate of drug-likeness (QED) is 0.582. The molecule has 2 aromatic heterocycles. The van der Waals surface area contributed by atoms with Gasteiger partial charge < -0.3 is 4.42 Å². The van der Waals surface area contributed by atoms with Crippen LogP contribution >= 0.6 is 0 Å². The van der Waals surface area contributed by atoms with Gasteiger partial charge in [-0.15, -0.1) is 0 Å². The summed E-state index contributed by atoms with van der Waals surface area (Å²) in [4.78, 5) is 3.90. The van der Waals surface area contributed by atoms with Crippen molar-refractivity contribution in [2.75, 3.05) is 0 Å². The Hall–Kier alpha value is -2.03. The first-order valence-electron chi connectivity index (χ1n) is 4.40. The highest BCUT2D eigenvalue weighted by Crippen LogP contribution is 2.19. The maximum absolute atomic E-state index is 5.24. The Labute approximate surface area is 80.6 Å². The molecule has 0 N–H and O–H groups in total. The third kappa shape index (κ3) is 0.956. The highest BCUT2D eigenvalue weighted by Gasteiger charge is 2.03. The van der Waals surface area contributed by atoms with Gasteiger partial charge in [0, 0.05) is 11.6 Å². The van der Waals surface area contributed by atoms with Crippen molar-refractivity contribution in [2.24, 2.45) is 0 Å². The summed E-state index contributed by atoms with van der Waals surface area (Å²) in [5.74, 6) is 0.742. The van der Waals surface area contributed by atoms with Crippen molar-refractivity contribution in [3.63, 3.8) is 0 Å². The molecule has 3 nitrogen and oxygen atoms in total. The molecule has 14 heavy (non-hydrogen) atoms. The third-order valence-corrected chi connectivity index (χ3v) is 2.26. The summed E-state index contributed by atoms with van der Waals surface area (Å²) < 4.78 is 7.21. The number of benzene rings is 1. The van der Waals surface area contributed by atoms with Gasteiger partial charge in [0.15, 0.2) is 6.39 Å². The molecule has 3 rings (SSSR count). The molecule has 0 saturated carbocycles. The smallest absolute Gasteiger partial charge is 0.224 e. The molecule has 0 amide bonds. The molecule has 2 heterocycles. The summed E-state index contributed by atoms with van der Waals surface area (Å²) in [6.07, 6.45) is 5.11. The maximum atomic E-state index is 5.24. The van der Waals surface area contributed by atoms with Crippen LogP contribution in [-0.4, -0.2) is 9.55 Å². The molecule has 1 aromatic carbocycles. The van der Waals surface area contributed by atoms with Gasteiger partial charge in [-0.3, -0.25) is 4.57 Å². The van der Waals surface area contributed by atoms with E-state index in [0.717, 1.165) is 11.4 Å². The van der Waals surface area contributed by atoms with Crippen LogP contribution in [0.15, 0.2) is 53.5 Å².